The summed E-state index contributed by atoms with van der Waals surface area (Å²) < 4.78 is 5.27. The first-order valence-corrected chi connectivity index (χ1v) is 5.77. The van der Waals surface area contributed by atoms with Gasteiger partial charge < -0.3 is 15.2 Å². The molecule has 5 heteroatoms. The Bertz CT molecular complexity index is 431. The number of carboxylic acids is 1. The van der Waals surface area contributed by atoms with Crippen LogP contribution in [0.2, 0.25) is 0 Å². The predicted molar refractivity (Wildman–Crippen MR) is 67.7 cm³/mol. The summed E-state index contributed by atoms with van der Waals surface area (Å²) in [5, 5.41) is 11.4. The van der Waals surface area contributed by atoms with E-state index in [1.54, 1.807) is 12.1 Å². The SMILES string of the molecule is CCC(C)OCC(=O)Nc1cccc(C(=O)O)c1. The maximum atomic E-state index is 11.5. The molecule has 98 valence electrons. The number of amides is 1. The minimum Gasteiger partial charge on any atom is -0.478 e. The summed E-state index contributed by atoms with van der Waals surface area (Å²) in [6.45, 7) is 3.82. The van der Waals surface area contributed by atoms with Crippen molar-refractivity contribution in [1.82, 2.24) is 0 Å². The lowest BCUT2D eigenvalue weighted by Crippen LogP contribution is -2.21. The molecule has 0 saturated heterocycles. The van der Waals surface area contributed by atoms with Crippen molar-refractivity contribution in [2.24, 2.45) is 0 Å². The van der Waals surface area contributed by atoms with Crippen LogP contribution in [0.5, 0.6) is 0 Å². The number of anilines is 1. The maximum Gasteiger partial charge on any atom is 0.335 e. The van der Waals surface area contributed by atoms with Gasteiger partial charge in [-0.2, -0.15) is 0 Å². The number of nitrogens with one attached hydrogen (secondary N) is 1. The summed E-state index contributed by atoms with van der Waals surface area (Å²) in [6, 6.07) is 6.08. The zero-order valence-corrected chi connectivity index (χ0v) is 10.5. The van der Waals surface area contributed by atoms with E-state index >= 15 is 0 Å². The molecule has 1 aromatic carbocycles. The molecule has 1 aromatic rings. The maximum absolute atomic E-state index is 11.5. The number of aromatic carboxylic acids is 1. The zero-order chi connectivity index (χ0) is 13.5. The van der Waals surface area contributed by atoms with Gasteiger partial charge in [0.25, 0.3) is 0 Å². The molecule has 0 fully saturated rings. The predicted octanol–water partition coefficient (Wildman–Crippen LogP) is 2.14. The van der Waals surface area contributed by atoms with Crippen LogP contribution in [0.3, 0.4) is 0 Å². The van der Waals surface area contributed by atoms with Crippen molar-refractivity contribution < 1.29 is 19.4 Å². The number of rotatable bonds is 6. The first kappa shape index (κ1) is 14.2. The van der Waals surface area contributed by atoms with Gasteiger partial charge in [0.15, 0.2) is 0 Å². The highest BCUT2D eigenvalue weighted by molar-refractivity contribution is 5.94. The minimum atomic E-state index is -1.03. The van der Waals surface area contributed by atoms with Crippen LogP contribution in [0.15, 0.2) is 24.3 Å². The largest absolute Gasteiger partial charge is 0.478 e. The average Bonchev–Trinajstić information content (AvgIpc) is 2.36. The third kappa shape index (κ3) is 4.55. The van der Waals surface area contributed by atoms with Gasteiger partial charge in [-0.1, -0.05) is 13.0 Å². The van der Waals surface area contributed by atoms with E-state index in [1.165, 1.54) is 12.1 Å². The molecule has 1 rings (SSSR count). The van der Waals surface area contributed by atoms with Gasteiger partial charge in [0.05, 0.1) is 11.7 Å². The summed E-state index contributed by atoms with van der Waals surface area (Å²) >= 11 is 0. The van der Waals surface area contributed by atoms with Crippen LogP contribution in [-0.4, -0.2) is 29.7 Å². The highest BCUT2D eigenvalue weighted by Crippen LogP contribution is 2.10. The average molecular weight is 251 g/mol. The second kappa shape index (κ2) is 6.76. The summed E-state index contributed by atoms with van der Waals surface area (Å²) in [7, 11) is 0. The van der Waals surface area contributed by atoms with Gasteiger partial charge in [0, 0.05) is 5.69 Å². The van der Waals surface area contributed by atoms with Crippen molar-refractivity contribution in [3.63, 3.8) is 0 Å². The van der Waals surface area contributed by atoms with Crippen molar-refractivity contribution in [3.8, 4) is 0 Å². The molecule has 0 bridgehead atoms. The lowest BCUT2D eigenvalue weighted by atomic mass is 10.2. The van der Waals surface area contributed by atoms with Crippen LogP contribution >= 0.6 is 0 Å². The van der Waals surface area contributed by atoms with Crippen LogP contribution in [0, 0.1) is 0 Å². The van der Waals surface area contributed by atoms with Gasteiger partial charge in [-0.15, -0.1) is 0 Å². The highest BCUT2D eigenvalue weighted by atomic mass is 16.5. The number of ether oxygens (including phenoxy) is 1. The van der Waals surface area contributed by atoms with Gasteiger partial charge in [-0.25, -0.2) is 4.79 Å². The fourth-order valence-electron chi connectivity index (χ4n) is 1.26. The Labute approximate surface area is 106 Å². The zero-order valence-electron chi connectivity index (χ0n) is 10.5. The molecule has 0 saturated carbocycles. The molecule has 0 aliphatic heterocycles. The lowest BCUT2D eigenvalue weighted by molar-refractivity contribution is -0.122. The summed E-state index contributed by atoms with van der Waals surface area (Å²) in [5.74, 6) is -1.32. The molecular weight excluding hydrogens is 234 g/mol. The van der Waals surface area contributed by atoms with Crippen molar-refractivity contribution in [1.29, 1.82) is 0 Å². The van der Waals surface area contributed by atoms with Gasteiger partial charge in [-0.3, -0.25) is 4.79 Å². The molecular formula is C13H17NO4. The Hall–Kier alpha value is -1.88. The van der Waals surface area contributed by atoms with Crippen LogP contribution < -0.4 is 5.32 Å². The molecule has 18 heavy (non-hydrogen) atoms. The Morgan fingerprint density at radius 1 is 1.44 bits per heavy atom. The molecule has 0 spiro atoms. The monoisotopic (exact) mass is 251 g/mol. The van der Waals surface area contributed by atoms with Gasteiger partial charge in [0.2, 0.25) is 5.91 Å². The summed E-state index contributed by atoms with van der Waals surface area (Å²) in [4.78, 5) is 22.3. The van der Waals surface area contributed by atoms with Gasteiger partial charge in [-0.05, 0) is 31.5 Å². The number of carboxylic acid groups (broad SMARTS) is 1. The standard InChI is InChI=1S/C13H17NO4/c1-3-9(2)18-8-12(15)14-11-6-4-5-10(7-11)13(16)17/h4-7,9H,3,8H2,1-2H3,(H,14,15)(H,16,17). The first-order chi connectivity index (χ1) is 8.52. The Balaban J connectivity index is 2.54. The molecule has 0 aromatic heterocycles. The summed E-state index contributed by atoms with van der Waals surface area (Å²) in [5.41, 5.74) is 0.586. The van der Waals surface area contributed by atoms with E-state index in [9.17, 15) is 9.59 Å². The molecule has 0 radical (unpaired) electrons. The first-order valence-electron chi connectivity index (χ1n) is 5.77. The van der Waals surface area contributed by atoms with Crippen LogP contribution in [0.1, 0.15) is 30.6 Å². The molecule has 5 nitrogen and oxygen atoms in total. The normalized spacial score (nSPS) is 11.9. The fraction of sp³-hybridized carbons (Fsp3) is 0.385. The van der Waals surface area contributed by atoms with Crippen molar-refractivity contribution in [2.75, 3.05) is 11.9 Å². The molecule has 0 aliphatic rings. The van der Waals surface area contributed by atoms with Gasteiger partial charge >= 0.3 is 5.97 Å². The van der Waals surface area contributed by atoms with Crippen molar-refractivity contribution in [3.05, 3.63) is 29.8 Å². The van der Waals surface area contributed by atoms with E-state index in [0.29, 0.717) is 5.69 Å². The van der Waals surface area contributed by atoms with Crippen LogP contribution in [0.4, 0.5) is 5.69 Å². The van der Waals surface area contributed by atoms with Crippen LogP contribution in [0.25, 0.3) is 0 Å². The molecule has 0 aliphatic carbocycles. The topological polar surface area (TPSA) is 75.6 Å². The minimum absolute atomic E-state index is 0.0288. The molecule has 2 N–H and O–H groups in total. The Morgan fingerprint density at radius 2 is 2.17 bits per heavy atom. The second-order valence-electron chi connectivity index (χ2n) is 3.96. The quantitative estimate of drug-likeness (QED) is 0.812. The Morgan fingerprint density at radius 3 is 2.78 bits per heavy atom. The van der Waals surface area contributed by atoms with Crippen molar-refractivity contribution in [2.45, 2.75) is 26.4 Å². The Kier molecular flexibility index (Phi) is 5.32. The third-order valence-electron chi connectivity index (χ3n) is 2.47. The molecule has 1 unspecified atom stereocenters. The third-order valence-corrected chi connectivity index (χ3v) is 2.47. The number of benzene rings is 1. The fourth-order valence-corrected chi connectivity index (χ4v) is 1.26. The molecule has 1 amide bonds. The smallest absolute Gasteiger partial charge is 0.335 e. The van der Waals surface area contributed by atoms with Crippen LogP contribution in [-0.2, 0) is 9.53 Å². The van der Waals surface area contributed by atoms with E-state index in [2.05, 4.69) is 5.32 Å². The molecule has 1 atom stereocenters. The van der Waals surface area contributed by atoms with Gasteiger partial charge in [0.1, 0.15) is 6.61 Å². The highest BCUT2D eigenvalue weighted by Gasteiger charge is 2.07. The number of hydrogen-bond acceptors (Lipinski definition) is 3. The van der Waals surface area contributed by atoms with E-state index in [-0.39, 0.29) is 24.2 Å². The summed E-state index contributed by atoms with van der Waals surface area (Å²) in [6.07, 6.45) is 0.864. The van der Waals surface area contributed by atoms with Crippen molar-refractivity contribution >= 4 is 17.6 Å². The van der Waals surface area contributed by atoms with E-state index in [0.717, 1.165) is 6.42 Å². The number of carbonyl (C=O) groups is 2. The lowest BCUT2D eigenvalue weighted by Gasteiger charge is -2.10. The second-order valence-corrected chi connectivity index (χ2v) is 3.96. The van der Waals surface area contributed by atoms with E-state index in [4.69, 9.17) is 9.84 Å². The molecule has 0 heterocycles. The van der Waals surface area contributed by atoms with E-state index in [1.807, 2.05) is 13.8 Å². The number of hydrogen-bond donors (Lipinski definition) is 2. The number of carbonyl (C=O) groups excluding carboxylic acids is 1. The van der Waals surface area contributed by atoms with E-state index < -0.39 is 5.97 Å².